The molecule has 0 radical (unpaired) electrons. The summed E-state index contributed by atoms with van der Waals surface area (Å²) in [7, 11) is 2.09. The summed E-state index contributed by atoms with van der Waals surface area (Å²) in [5.41, 5.74) is 5.22. The summed E-state index contributed by atoms with van der Waals surface area (Å²) in [5.74, 6) is 7.91. The highest BCUT2D eigenvalue weighted by molar-refractivity contribution is 7.99. The normalized spacial score (nSPS) is 17.6. The van der Waals surface area contributed by atoms with Crippen LogP contribution in [0.3, 0.4) is 0 Å². The molecule has 1 saturated carbocycles. The van der Waals surface area contributed by atoms with Crippen LogP contribution in [-0.4, -0.2) is 26.6 Å². The highest BCUT2D eigenvalue weighted by Gasteiger charge is 2.19. The molecule has 0 bridgehead atoms. The van der Waals surface area contributed by atoms with Gasteiger partial charge in [0, 0.05) is 30.5 Å². The molecule has 1 fully saturated rings. The van der Waals surface area contributed by atoms with Gasteiger partial charge in [-0.3, -0.25) is 11.3 Å². The predicted octanol–water partition coefficient (Wildman–Crippen LogP) is 2.62. The third kappa shape index (κ3) is 3.42. The monoisotopic (exact) mass is 304 g/mol. The smallest absolute Gasteiger partial charge is 0.111 e. The van der Waals surface area contributed by atoms with Crippen molar-refractivity contribution in [3.05, 3.63) is 30.1 Å². The van der Waals surface area contributed by atoms with E-state index in [2.05, 4.69) is 47.0 Å². The molecule has 5 heteroatoms. The second-order valence-electron chi connectivity index (χ2n) is 5.88. The molecule has 1 atom stereocenters. The number of hydrogen-bond acceptors (Lipinski definition) is 4. The van der Waals surface area contributed by atoms with Gasteiger partial charge in [-0.05, 0) is 25.0 Å². The zero-order valence-electron chi connectivity index (χ0n) is 12.6. The van der Waals surface area contributed by atoms with Crippen LogP contribution in [0.5, 0.6) is 0 Å². The van der Waals surface area contributed by atoms with E-state index in [0.717, 1.165) is 28.8 Å². The first-order valence-corrected chi connectivity index (χ1v) is 8.81. The zero-order chi connectivity index (χ0) is 14.7. The molecule has 1 heterocycles. The standard InChI is InChI=1S/C16H24N4S/c1-20-15-9-5-4-8-14(15)18-16(20)10-12(19-17)11-21-13-6-2-3-7-13/h4-5,8-9,12-13,19H,2-3,6-7,10-11,17H2,1H3. The number of benzene rings is 1. The van der Waals surface area contributed by atoms with Crippen LogP contribution in [0, 0.1) is 0 Å². The van der Waals surface area contributed by atoms with E-state index >= 15 is 0 Å². The summed E-state index contributed by atoms with van der Waals surface area (Å²) in [6.07, 6.45) is 6.40. The highest BCUT2D eigenvalue weighted by Crippen LogP contribution is 2.30. The van der Waals surface area contributed by atoms with E-state index in [4.69, 9.17) is 10.8 Å². The molecule has 4 nitrogen and oxygen atoms in total. The maximum atomic E-state index is 5.75. The van der Waals surface area contributed by atoms with Crippen LogP contribution < -0.4 is 11.3 Å². The SMILES string of the molecule is Cn1c(CC(CSC2CCCC2)NN)nc2ccccc21. The van der Waals surface area contributed by atoms with Crippen LogP contribution in [-0.2, 0) is 13.5 Å². The first kappa shape index (κ1) is 14.9. The summed E-state index contributed by atoms with van der Waals surface area (Å²) in [6.45, 7) is 0. The number of nitrogens with zero attached hydrogens (tertiary/aromatic N) is 2. The Morgan fingerprint density at radius 1 is 1.38 bits per heavy atom. The van der Waals surface area contributed by atoms with Gasteiger partial charge < -0.3 is 4.57 Å². The van der Waals surface area contributed by atoms with Crippen molar-refractivity contribution in [3.8, 4) is 0 Å². The Morgan fingerprint density at radius 2 is 2.14 bits per heavy atom. The Balaban J connectivity index is 1.65. The second kappa shape index (κ2) is 6.81. The minimum atomic E-state index is 0.283. The van der Waals surface area contributed by atoms with Crippen molar-refractivity contribution >= 4 is 22.8 Å². The fourth-order valence-corrected chi connectivity index (χ4v) is 4.46. The van der Waals surface area contributed by atoms with Gasteiger partial charge in [-0.1, -0.05) is 25.0 Å². The molecule has 1 unspecified atom stereocenters. The summed E-state index contributed by atoms with van der Waals surface area (Å²) in [4.78, 5) is 4.74. The number of thioether (sulfide) groups is 1. The lowest BCUT2D eigenvalue weighted by Gasteiger charge is -2.17. The Morgan fingerprint density at radius 3 is 2.86 bits per heavy atom. The number of hydrogen-bond donors (Lipinski definition) is 2. The van der Waals surface area contributed by atoms with Gasteiger partial charge in [-0.15, -0.1) is 0 Å². The molecule has 0 spiro atoms. The number of aryl methyl sites for hydroxylation is 1. The minimum absolute atomic E-state index is 0.283. The lowest BCUT2D eigenvalue weighted by atomic mass is 10.2. The van der Waals surface area contributed by atoms with E-state index in [1.54, 1.807) is 0 Å². The molecule has 3 rings (SSSR count). The molecular weight excluding hydrogens is 280 g/mol. The quantitative estimate of drug-likeness (QED) is 0.636. The van der Waals surface area contributed by atoms with Crippen LogP contribution >= 0.6 is 11.8 Å². The fraction of sp³-hybridized carbons (Fsp3) is 0.562. The average molecular weight is 304 g/mol. The first-order chi connectivity index (χ1) is 10.3. The number of imidazole rings is 1. The van der Waals surface area contributed by atoms with Gasteiger partial charge in [0.25, 0.3) is 0 Å². The van der Waals surface area contributed by atoms with Crippen LogP contribution in [0.4, 0.5) is 0 Å². The lowest BCUT2D eigenvalue weighted by Crippen LogP contribution is -2.39. The lowest BCUT2D eigenvalue weighted by molar-refractivity contribution is 0.553. The summed E-state index contributed by atoms with van der Waals surface area (Å²) < 4.78 is 2.18. The molecule has 3 N–H and O–H groups in total. The van der Waals surface area contributed by atoms with Crippen molar-refractivity contribution in [2.75, 3.05) is 5.75 Å². The molecular formula is C16H24N4S. The summed E-state index contributed by atoms with van der Waals surface area (Å²) in [5, 5.41) is 0.835. The van der Waals surface area contributed by atoms with E-state index in [9.17, 15) is 0 Å². The van der Waals surface area contributed by atoms with E-state index in [-0.39, 0.29) is 6.04 Å². The first-order valence-electron chi connectivity index (χ1n) is 7.76. The number of nitrogens with two attached hydrogens (primary N) is 1. The van der Waals surface area contributed by atoms with Gasteiger partial charge in [-0.25, -0.2) is 4.98 Å². The number of nitrogens with one attached hydrogen (secondary N) is 1. The molecule has 0 saturated heterocycles. The number of fused-ring (bicyclic) bond motifs is 1. The van der Waals surface area contributed by atoms with Crippen molar-refractivity contribution in [1.29, 1.82) is 0 Å². The Hall–Kier alpha value is -1.04. The van der Waals surface area contributed by atoms with E-state index in [0.29, 0.717) is 0 Å². The molecule has 2 aromatic rings. The molecule has 1 aromatic heterocycles. The van der Waals surface area contributed by atoms with Crippen molar-refractivity contribution < 1.29 is 0 Å². The average Bonchev–Trinajstić information content (AvgIpc) is 3.13. The van der Waals surface area contributed by atoms with Crippen LogP contribution in [0.25, 0.3) is 11.0 Å². The van der Waals surface area contributed by atoms with Gasteiger partial charge in [0.2, 0.25) is 0 Å². The minimum Gasteiger partial charge on any atom is -0.331 e. The van der Waals surface area contributed by atoms with Crippen LogP contribution in [0.15, 0.2) is 24.3 Å². The van der Waals surface area contributed by atoms with Gasteiger partial charge in [-0.2, -0.15) is 11.8 Å². The zero-order valence-corrected chi connectivity index (χ0v) is 13.4. The highest BCUT2D eigenvalue weighted by atomic mass is 32.2. The van der Waals surface area contributed by atoms with Gasteiger partial charge in [0.05, 0.1) is 11.0 Å². The van der Waals surface area contributed by atoms with Gasteiger partial charge >= 0.3 is 0 Å². The molecule has 1 aliphatic rings. The molecule has 0 aliphatic heterocycles. The van der Waals surface area contributed by atoms with Crippen molar-refractivity contribution in [1.82, 2.24) is 15.0 Å². The number of para-hydroxylation sites is 2. The van der Waals surface area contributed by atoms with Gasteiger partial charge in [0.1, 0.15) is 5.82 Å². The number of rotatable bonds is 6. The van der Waals surface area contributed by atoms with Crippen LogP contribution in [0.1, 0.15) is 31.5 Å². The summed E-state index contributed by atoms with van der Waals surface area (Å²) in [6, 6.07) is 8.56. The van der Waals surface area contributed by atoms with E-state index < -0.39 is 0 Å². The molecule has 1 aliphatic carbocycles. The molecule has 114 valence electrons. The second-order valence-corrected chi connectivity index (χ2v) is 7.22. The number of aromatic nitrogens is 2. The molecule has 1 aromatic carbocycles. The predicted molar refractivity (Wildman–Crippen MR) is 90.2 cm³/mol. The topological polar surface area (TPSA) is 55.9 Å². The Kier molecular flexibility index (Phi) is 4.83. The summed E-state index contributed by atoms with van der Waals surface area (Å²) >= 11 is 2.07. The van der Waals surface area contributed by atoms with Crippen molar-refractivity contribution in [2.24, 2.45) is 12.9 Å². The van der Waals surface area contributed by atoms with Crippen LogP contribution in [0.2, 0.25) is 0 Å². The van der Waals surface area contributed by atoms with Crippen molar-refractivity contribution in [2.45, 2.75) is 43.4 Å². The molecule has 0 amide bonds. The molecule has 21 heavy (non-hydrogen) atoms. The van der Waals surface area contributed by atoms with E-state index in [1.165, 1.54) is 31.2 Å². The maximum absolute atomic E-state index is 5.75. The largest absolute Gasteiger partial charge is 0.331 e. The third-order valence-electron chi connectivity index (χ3n) is 4.38. The van der Waals surface area contributed by atoms with E-state index in [1.807, 2.05) is 6.07 Å². The maximum Gasteiger partial charge on any atom is 0.111 e. The third-order valence-corrected chi connectivity index (χ3v) is 5.92. The van der Waals surface area contributed by atoms with Gasteiger partial charge in [0.15, 0.2) is 0 Å². The Labute approximate surface area is 130 Å². The van der Waals surface area contributed by atoms with Crippen molar-refractivity contribution in [3.63, 3.8) is 0 Å². The fourth-order valence-electron chi connectivity index (χ4n) is 3.07. The Bertz CT molecular complexity index is 589. The number of hydrazine groups is 1.